The van der Waals surface area contributed by atoms with Crippen LogP contribution >= 0.6 is 0 Å². The van der Waals surface area contributed by atoms with Crippen molar-refractivity contribution in [2.24, 2.45) is 5.41 Å². The highest BCUT2D eigenvalue weighted by molar-refractivity contribution is 5.81. The van der Waals surface area contributed by atoms with Crippen molar-refractivity contribution >= 4 is 5.91 Å². The topological polar surface area (TPSA) is 48.0 Å². The van der Waals surface area contributed by atoms with Gasteiger partial charge in [-0.25, -0.2) is 0 Å². The van der Waals surface area contributed by atoms with Gasteiger partial charge in [-0.2, -0.15) is 0 Å². The maximum absolute atomic E-state index is 12.8. The molecule has 2 heterocycles. The summed E-state index contributed by atoms with van der Waals surface area (Å²) in [5, 5.41) is 0. The van der Waals surface area contributed by atoms with Gasteiger partial charge >= 0.3 is 0 Å². The minimum atomic E-state index is -0.382. The van der Waals surface area contributed by atoms with Crippen molar-refractivity contribution in [3.8, 4) is 5.75 Å². The summed E-state index contributed by atoms with van der Waals surface area (Å²) in [7, 11) is 0. The normalized spacial score (nSPS) is 23.4. The fourth-order valence-electron chi connectivity index (χ4n) is 4.93. The Morgan fingerprint density at radius 3 is 2.37 bits per heavy atom. The summed E-state index contributed by atoms with van der Waals surface area (Å²) in [6, 6.07) is 16.9. The number of carbonyl (C=O) groups is 1. The standard InChI is InChI=1S/C30H41NO4/c1-29(2,3)22-11-13-23(14-12-22)35-26-15-17-34-27(26)25-10-8-7-9-21(25)19-24-20-31(16-18-33-24)28(32)30(4,5)6/h7-14,24,26-27H,15-20H2,1-6H3. The Hall–Kier alpha value is -2.37. The third kappa shape index (κ3) is 6.25. The highest BCUT2D eigenvalue weighted by atomic mass is 16.6. The first-order chi connectivity index (χ1) is 16.5. The zero-order valence-corrected chi connectivity index (χ0v) is 22.2. The molecule has 0 aliphatic carbocycles. The van der Waals surface area contributed by atoms with Crippen molar-refractivity contribution in [1.82, 2.24) is 4.90 Å². The summed E-state index contributed by atoms with van der Waals surface area (Å²) in [6.07, 6.45) is 1.42. The number of hydrogen-bond acceptors (Lipinski definition) is 4. The quantitative estimate of drug-likeness (QED) is 0.551. The molecule has 5 heteroatoms. The highest BCUT2D eigenvalue weighted by Gasteiger charge is 2.35. The van der Waals surface area contributed by atoms with Gasteiger partial charge in [0.2, 0.25) is 5.91 Å². The van der Waals surface area contributed by atoms with E-state index in [1.807, 2.05) is 25.7 Å². The molecule has 1 amide bonds. The molecular weight excluding hydrogens is 438 g/mol. The largest absolute Gasteiger partial charge is 0.487 e. The zero-order chi connectivity index (χ0) is 25.2. The summed E-state index contributed by atoms with van der Waals surface area (Å²) < 4.78 is 18.7. The molecule has 2 saturated heterocycles. The molecule has 2 aromatic rings. The van der Waals surface area contributed by atoms with E-state index >= 15 is 0 Å². The molecule has 2 fully saturated rings. The Morgan fingerprint density at radius 1 is 0.971 bits per heavy atom. The van der Waals surface area contributed by atoms with Crippen molar-refractivity contribution in [2.75, 3.05) is 26.3 Å². The molecule has 190 valence electrons. The fourth-order valence-corrected chi connectivity index (χ4v) is 4.93. The molecule has 2 aliphatic heterocycles. The molecule has 35 heavy (non-hydrogen) atoms. The van der Waals surface area contributed by atoms with Crippen LogP contribution in [0.4, 0.5) is 0 Å². The van der Waals surface area contributed by atoms with Crippen LogP contribution in [0.2, 0.25) is 0 Å². The van der Waals surface area contributed by atoms with Crippen LogP contribution in [-0.2, 0) is 26.1 Å². The minimum Gasteiger partial charge on any atom is -0.487 e. The number of nitrogens with zero attached hydrogens (tertiary/aromatic N) is 1. The van der Waals surface area contributed by atoms with Crippen molar-refractivity contribution in [3.05, 3.63) is 65.2 Å². The molecule has 4 rings (SSSR count). The van der Waals surface area contributed by atoms with Gasteiger partial charge in [0.05, 0.1) is 19.3 Å². The Labute approximate surface area is 210 Å². The van der Waals surface area contributed by atoms with E-state index in [0.717, 1.165) is 24.2 Å². The number of carbonyl (C=O) groups excluding carboxylic acids is 1. The minimum absolute atomic E-state index is 0.0260. The van der Waals surface area contributed by atoms with Crippen LogP contribution in [0.5, 0.6) is 5.75 Å². The van der Waals surface area contributed by atoms with Crippen molar-refractivity contribution in [3.63, 3.8) is 0 Å². The summed E-state index contributed by atoms with van der Waals surface area (Å²) in [5.41, 5.74) is 3.38. The van der Waals surface area contributed by atoms with E-state index in [9.17, 15) is 4.79 Å². The molecule has 0 aromatic heterocycles. The number of hydrogen-bond donors (Lipinski definition) is 0. The number of ether oxygens (including phenoxy) is 3. The molecular formula is C30H41NO4. The molecule has 0 spiro atoms. The monoisotopic (exact) mass is 479 g/mol. The van der Waals surface area contributed by atoms with Crippen molar-refractivity contribution in [1.29, 1.82) is 0 Å². The van der Waals surface area contributed by atoms with Gasteiger partial charge in [0.25, 0.3) is 0 Å². The maximum atomic E-state index is 12.8. The third-order valence-electron chi connectivity index (χ3n) is 6.92. The third-order valence-corrected chi connectivity index (χ3v) is 6.92. The predicted octanol–water partition coefficient (Wildman–Crippen LogP) is 5.71. The molecule has 0 N–H and O–H groups in total. The van der Waals surface area contributed by atoms with Gasteiger partial charge < -0.3 is 19.1 Å². The van der Waals surface area contributed by atoms with E-state index < -0.39 is 0 Å². The van der Waals surface area contributed by atoms with E-state index in [1.54, 1.807) is 0 Å². The lowest BCUT2D eigenvalue weighted by molar-refractivity contribution is -0.147. The Morgan fingerprint density at radius 2 is 1.69 bits per heavy atom. The van der Waals surface area contributed by atoms with Crippen LogP contribution in [0.25, 0.3) is 0 Å². The van der Waals surface area contributed by atoms with Gasteiger partial charge in [-0.15, -0.1) is 0 Å². The number of rotatable bonds is 5. The molecule has 0 saturated carbocycles. The van der Waals surface area contributed by atoms with Gasteiger partial charge in [-0.1, -0.05) is 77.9 Å². The van der Waals surface area contributed by atoms with E-state index in [-0.39, 0.29) is 35.0 Å². The van der Waals surface area contributed by atoms with Crippen LogP contribution in [0.1, 0.15) is 70.8 Å². The SMILES string of the molecule is CC(C)(C)C(=O)N1CCOC(Cc2ccccc2C2OCCC2Oc2ccc(C(C)(C)C)cc2)C1. The second-order valence-electron chi connectivity index (χ2n) is 11.9. The number of benzene rings is 2. The van der Waals surface area contributed by atoms with Gasteiger partial charge in [0, 0.05) is 31.3 Å². The summed E-state index contributed by atoms with van der Waals surface area (Å²) >= 11 is 0. The van der Waals surface area contributed by atoms with Gasteiger partial charge in [-0.05, 0) is 34.2 Å². The Balaban J connectivity index is 1.46. The average Bonchev–Trinajstić information content (AvgIpc) is 3.26. The molecule has 3 atom stereocenters. The molecule has 5 nitrogen and oxygen atoms in total. The summed E-state index contributed by atoms with van der Waals surface area (Å²) in [4.78, 5) is 14.8. The highest BCUT2D eigenvalue weighted by Crippen LogP contribution is 2.35. The predicted molar refractivity (Wildman–Crippen MR) is 139 cm³/mol. The Kier molecular flexibility index (Phi) is 7.58. The van der Waals surface area contributed by atoms with E-state index in [0.29, 0.717) is 26.3 Å². The second-order valence-corrected chi connectivity index (χ2v) is 11.9. The first-order valence-electron chi connectivity index (χ1n) is 12.9. The molecule has 0 bridgehead atoms. The summed E-state index contributed by atoms with van der Waals surface area (Å²) in [5.74, 6) is 1.06. The van der Waals surface area contributed by atoms with Gasteiger partial charge in [0.15, 0.2) is 0 Å². The lowest BCUT2D eigenvalue weighted by atomic mass is 9.87. The lowest BCUT2D eigenvalue weighted by Gasteiger charge is -2.37. The number of amides is 1. The first kappa shape index (κ1) is 25.7. The second kappa shape index (κ2) is 10.3. The molecule has 3 unspecified atom stereocenters. The summed E-state index contributed by atoms with van der Waals surface area (Å²) in [6.45, 7) is 15.1. The number of morpholine rings is 1. The maximum Gasteiger partial charge on any atom is 0.228 e. The average molecular weight is 480 g/mol. The molecule has 0 radical (unpaired) electrons. The lowest BCUT2D eigenvalue weighted by Crippen LogP contribution is -2.50. The molecule has 2 aromatic carbocycles. The van der Waals surface area contributed by atoms with Crippen LogP contribution in [0.3, 0.4) is 0 Å². The smallest absolute Gasteiger partial charge is 0.228 e. The van der Waals surface area contributed by atoms with Crippen LogP contribution in [-0.4, -0.2) is 49.3 Å². The van der Waals surface area contributed by atoms with Crippen LogP contribution in [0.15, 0.2) is 48.5 Å². The van der Waals surface area contributed by atoms with Crippen molar-refractivity contribution in [2.45, 2.75) is 78.1 Å². The Bertz CT molecular complexity index is 1000. The first-order valence-corrected chi connectivity index (χ1v) is 12.9. The molecule has 2 aliphatic rings. The van der Waals surface area contributed by atoms with E-state index in [2.05, 4.69) is 69.3 Å². The van der Waals surface area contributed by atoms with Gasteiger partial charge in [-0.3, -0.25) is 4.79 Å². The fraction of sp³-hybridized carbons (Fsp3) is 0.567. The zero-order valence-electron chi connectivity index (χ0n) is 22.2. The van der Waals surface area contributed by atoms with Crippen LogP contribution < -0.4 is 4.74 Å². The van der Waals surface area contributed by atoms with E-state index in [4.69, 9.17) is 14.2 Å². The van der Waals surface area contributed by atoms with Crippen molar-refractivity contribution < 1.29 is 19.0 Å². The van der Waals surface area contributed by atoms with Crippen LogP contribution in [0, 0.1) is 5.41 Å². The van der Waals surface area contributed by atoms with Gasteiger partial charge in [0.1, 0.15) is 18.0 Å². The van der Waals surface area contributed by atoms with E-state index in [1.165, 1.54) is 11.1 Å².